The summed E-state index contributed by atoms with van der Waals surface area (Å²) in [6.45, 7) is 9.71. The highest BCUT2D eigenvalue weighted by Crippen LogP contribution is 2.31. The highest BCUT2D eigenvalue weighted by atomic mass is 16.7. The van der Waals surface area contributed by atoms with Gasteiger partial charge in [-0.05, 0) is 39.5 Å². The van der Waals surface area contributed by atoms with Crippen molar-refractivity contribution in [3.63, 3.8) is 0 Å². The van der Waals surface area contributed by atoms with Gasteiger partial charge in [0.1, 0.15) is 6.10 Å². The van der Waals surface area contributed by atoms with Crippen LogP contribution in [0.4, 0.5) is 0 Å². The first-order valence-electron chi connectivity index (χ1n) is 8.46. The Morgan fingerprint density at radius 3 is 2.68 bits per heavy atom. The van der Waals surface area contributed by atoms with Crippen LogP contribution in [0, 0.1) is 0 Å². The zero-order chi connectivity index (χ0) is 16.4. The first-order valence-corrected chi connectivity index (χ1v) is 8.46. The molecule has 0 amide bonds. The Labute approximate surface area is 135 Å². The predicted molar refractivity (Wildman–Crippen MR) is 91.7 cm³/mol. The molecule has 1 rings (SSSR count). The van der Waals surface area contributed by atoms with Gasteiger partial charge in [0.2, 0.25) is 0 Å². The van der Waals surface area contributed by atoms with Crippen molar-refractivity contribution in [2.45, 2.75) is 83.4 Å². The fourth-order valence-electron chi connectivity index (χ4n) is 2.56. The van der Waals surface area contributed by atoms with Gasteiger partial charge in [-0.3, -0.25) is 0 Å². The molecule has 1 heterocycles. The van der Waals surface area contributed by atoms with Crippen LogP contribution in [-0.4, -0.2) is 29.2 Å². The number of ether oxygens (including phenoxy) is 2. The average molecular weight is 308 g/mol. The maximum absolute atomic E-state index is 9.75. The molecule has 0 saturated carbocycles. The van der Waals surface area contributed by atoms with Crippen LogP contribution >= 0.6 is 0 Å². The topological polar surface area (TPSA) is 38.7 Å². The van der Waals surface area contributed by atoms with E-state index in [9.17, 15) is 5.11 Å². The molecule has 1 aliphatic rings. The predicted octanol–water partition coefficient (Wildman–Crippen LogP) is 4.53. The van der Waals surface area contributed by atoms with Crippen molar-refractivity contribution >= 4 is 0 Å². The second kappa shape index (κ2) is 9.98. The van der Waals surface area contributed by atoms with Gasteiger partial charge in [0.15, 0.2) is 5.79 Å². The Hall–Kier alpha value is -0.900. The summed E-state index contributed by atoms with van der Waals surface area (Å²) in [5.74, 6) is -0.570. The monoisotopic (exact) mass is 308 g/mol. The van der Waals surface area contributed by atoms with E-state index in [1.807, 2.05) is 19.9 Å². The molecule has 0 bridgehead atoms. The molecule has 0 unspecified atom stereocenters. The lowest BCUT2D eigenvalue weighted by Gasteiger charge is -2.16. The molecule has 0 aliphatic carbocycles. The molecule has 0 aromatic heterocycles. The largest absolute Gasteiger partial charge is 0.389 e. The Morgan fingerprint density at radius 2 is 2.00 bits per heavy atom. The fourth-order valence-corrected chi connectivity index (χ4v) is 2.56. The van der Waals surface area contributed by atoms with E-state index >= 15 is 0 Å². The third-order valence-corrected chi connectivity index (χ3v) is 3.66. The molecular formula is C19H32O3. The van der Waals surface area contributed by atoms with Gasteiger partial charge in [-0.15, -0.1) is 6.58 Å². The summed E-state index contributed by atoms with van der Waals surface area (Å²) in [6, 6.07) is 0. The summed E-state index contributed by atoms with van der Waals surface area (Å²) in [5, 5.41) is 9.75. The normalized spacial score (nSPS) is 26.0. The maximum Gasteiger partial charge on any atom is 0.164 e. The van der Waals surface area contributed by atoms with Crippen LogP contribution in [0.25, 0.3) is 0 Å². The van der Waals surface area contributed by atoms with E-state index in [0.29, 0.717) is 6.42 Å². The molecule has 3 nitrogen and oxygen atoms in total. The van der Waals surface area contributed by atoms with E-state index in [-0.39, 0.29) is 12.2 Å². The second-order valence-corrected chi connectivity index (χ2v) is 6.32. The van der Waals surface area contributed by atoms with E-state index in [0.717, 1.165) is 12.8 Å². The van der Waals surface area contributed by atoms with Crippen molar-refractivity contribution in [2.75, 3.05) is 0 Å². The van der Waals surface area contributed by atoms with E-state index in [1.54, 1.807) is 12.2 Å². The van der Waals surface area contributed by atoms with Gasteiger partial charge in [0.05, 0.1) is 12.2 Å². The number of hydrogen-bond donors (Lipinski definition) is 1. The quantitative estimate of drug-likeness (QED) is 0.476. The summed E-state index contributed by atoms with van der Waals surface area (Å²) in [4.78, 5) is 0. The molecule has 0 aromatic carbocycles. The van der Waals surface area contributed by atoms with Crippen LogP contribution in [0.3, 0.4) is 0 Å². The van der Waals surface area contributed by atoms with Crippen molar-refractivity contribution in [2.24, 2.45) is 0 Å². The summed E-state index contributed by atoms with van der Waals surface area (Å²) in [5.41, 5.74) is 0. The van der Waals surface area contributed by atoms with E-state index in [2.05, 4.69) is 25.7 Å². The summed E-state index contributed by atoms with van der Waals surface area (Å²) < 4.78 is 11.9. The standard InChI is InChI=1S/C19H32O3/c1-5-7-8-9-10-11-13-17-18(22-19(3,4)21-17)15-14-16(20)12-6-2/h6,10-11,14-18,20H,2,5,7-9,12-13H2,1,3-4H3/b11-10-,15-14+/t16-,17-,18+/m0/s1. The molecule has 0 aromatic rings. The van der Waals surface area contributed by atoms with Gasteiger partial charge in [-0.1, -0.05) is 50.1 Å². The fraction of sp³-hybridized carbons (Fsp3) is 0.684. The first kappa shape index (κ1) is 19.1. The van der Waals surface area contributed by atoms with Crippen LogP contribution in [-0.2, 0) is 9.47 Å². The highest BCUT2D eigenvalue weighted by Gasteiger charge is 2.39. The third-order valence-electron chi connectivity index (χ3n) is 3.66. The van der Waals surface area contributed by atoms with Crippen molar-refractivity contribution in [1.29, 1.82) is 0 Å². The number of aliphatic hydroxyl groups is 1. The Kier molecular flexibility index (Phi) is 8.69. The van der Waals surface area contributed by atoms with Crippen LogP contribution in [0.1, 0.15) is 59.3 Å². The summed E-state index contributed by atoms with van der Waals surface area (Å²) in [7, 11) is 0. The van der Waals surface area contributed by atoms with E-state index in [1.165, 1.54) is 19.3 Å². The van der Waals surface area contributed by atoms with Crippen LogP contribution in [0.5, 0.6) is 0 Å². The minimum absolute atomic E-state index is 0.00427. The molecule has 1 N–H and O–H groups in total. The molecule has 1 saturated heterocycles. The second-order valence-electron chi connectivity index (χ2n) is 6.32. The van der Waals surface area contributed by atoms with Crippen LogP contribution in [0.2, 0.25) is 0 Å². The summed E-state index contributed by atoms with van der Waals surface area (Å²) >= 11 is 0. The van der Waals surface area contributed by atoms with Crippen molar-refractivity contribution in [3.05, 3.63) is 37.0 Å². The van der Waals surface area contributed by atoms with Crippen molar-refractivity contribution in [1.82, 2.24) is 0 Å². The Balaban J connectivity index is 2.48. The SMILES string of the molecule is C=CC[C@H](O)/C=C/[C@H]1OC(C)(C)O[C@H]1C/C=C\CCCCC. The lowest BCUT2D eigenvalue weighted by molar-refractivity contribution is -0.142. The smallest absolute Gasteiger partial charge is 0.164 e. The number of hydrogen-bond acceptors (Lipinski definition) is 3. The minimum atomic E-state index is -0.570. The molecule has 3 heteroatoms. The Bertz CT molecular complexity index is 371. The number of unbranched alkanes of at least 4 members (excludes halogenated alkanes) is 3. The molecule has 1 aliphatic heterocycles. The lowest BCUT2D eigenvalue weighted by Crippen LogP contribution is -2.21. The van der Waals surface area contributed by atoms with Gasteiger partial charge >= 0.3 is 0 Å². The Morgan fingerprint density at radius 1 is 1.23 bits per heavy atom. The minimum Gasteiger partial charge on any atom is -0.389 e. The van der Waals surface area contributed by atoms with Crippen molar-refractivity contribution in [3.8, 4) is 0 Å². The molecular weight excluding hydrogens is 276 g/mol. The first-order chi connectivity index (χ1) is 10.5. The number of rotatable bonds is 10. The van der Waals surface area contributed by atoms with Crippen LogP contribution < -0.4 is 0 Å². The molecule has 0 radical (unpaired) electrons. The number of aliphatic hydroxyl groups excluding tert-OH is 1. The molecule has 0 spiro atoms. The third kappa shape index (κ3) is 7.39. The molecule has 126 valence electrons. The molecule has 22 heavy (non-hydrogen) atoms. The van der Waals surface area contributed by atoms with Gasteiger partial charge in [0.25, 0.3) is 0 Å². The van der Waals surface area contributed by atoms with Gasteiger partial charge in [-0.25, -0.2) is 0 Å². The highest BCUT2D eigenvalue weighted by molar-refractivity contribution is 5.03. The van der Waals surface area contributed by atoms with Gasteiger partial charge in [-0.2, -0.15) is 0 Å². The zero-order valence-electron chi connectivity index (χ0n) is 14.3. The van der Waals surface area contributed by atoms with Gasteiger partial charge < -0.3 is 14.6 Å². The number of allylic oxidation sites excluding steroid dienone is 1. The van der Waals surface area contributed by atoms with Crippen molar-refractivity contribution < 1.29 is 14.6 Å². The average Bonchev–Trinajstić information content (AvgIpc) is 2.75. The molecule has 1 fully saturated rings. The maximum atomic E-state index is 9.75. The van der Waals surface area contributed by atoms with E-state index < -0.39 is 11.9 Å². The zero-order valence-corrected chi connectivity index (χ0v) is 14.3. The van der Waals surface area contributed by atoms with Crippen LogP contribution in [0.15, 0.2) is 37.0 Å². The molecule has 3 atom stereocenters. The van der Waals surface area contributed by atoms with E-state index in [4.69, 9.17) is 9.47 Å². The lowest BCUT2D eigenvalue weighted by atomic mass is 10.1. The summed E-state index contributed by atoms with van der Waals surface area (Å²) in [6.07, 6.45) is 15.5. The van der Waals surface area contributed by atoms with Gasteiger partial charge in [0, 0.05) is 0 Å².